The second-order valence-corrected chi connectivity index (χ2v) is 8.22. The van der Waals surface area contributed by atoms with E-state index in [1.165, 1.54) is 4.90 Å². The van der Waals surface area contributed by atoms with Crippen molar-refractivity contribution >= 4 is 23.7 Å². The van der Waals surface area contributed by atoms with Crippen molar-refractivity contribution in [3.05, 3.63) is 0 Å². The molecule has 0 radical (unpaired) electrons. The molecule has 1 heterocycles. The Kier molecular flexibility index (Phi) is 8.87. The molecule has 1 saturated heterocycles. The first-order valence-electron chi connectivity index (χ1n) is 9.85. The van der Waals surface area contributed by atoms with Crippen LogP contribution in [0.3, 0.4) is 0 Å². The Morgan fingerprint density at radius 3 is 2.21 bits per heavy atom. The fourth-order valence-corrected chi connectivity index (χ4v) is 3.31. The minimum Gasteiger partial charge on any atom is -0.480 e. The molecule has 0 aromatic rings. The lowest BCUT2D eigenvalue weighted by molar-refractivity contribution is -0.145. The van der Waals surface area contributed by atoms with Gasteiger partial charge in [0.2, 0.25) is 17.7 Å². The van der Waals surface area contributed by atoms with Crippen molar-refractivity contribution in [3.63, 3.8) is 0 Å². The van der Waals surface area contributed by atoms with Crippen LogP contribution in [0.15, 0.2) is 0 Å². The quantitative estimate of drug-likeness (QED) is 0.433. The minimum absolute atomic E-state index is 0.251. The van der Waals surface area contributed by atoms with Gasteiger partial charge in [-0.1, -0.05) is 27.7 Å². The van der Waals surface area contributed by atoms with Crippen LogP contribution in [0.5, 0.6) is 0 Å². The molecule has 0 aliphatic carbocycles. The number of nitrogens with two attached hydrogens (primary N) is 1. The van der Waals surface area contributed by atoms with Crippen LogP contribution in [0.4, 0.5) is 0 Å². The molecule has 1 aliphatic rings. The normalized spacial score (nSPS) is 20.0. The molecule has 0 aromatic carbocycles. The van der Waals surface area contributed by atoms with Gasteiger partial charge in [-0.05, 0) is 38.0 Å². The molecule has 5 N–H and O–H groups in total. The summed E-state index contributed by atoms with van der Waals surface area (Å²) in [4.78, 5) is 50.2. The zero-order chi connectivity index (χ0) is 21.6. The van der Waals surface area contributed by atoms with Crippen molar-refractivity contribution in [3.8, 4) is 0 Å². The van der Waals surface area contributed by atoms with Crippen molar-refractivity contribution in [1.82, 2.24) is 15.5 Å². The first-order valence-corrected chi connectivity index (χ1v) is 9.85. The summed E-state index contributed by atoms with van der Waals surface area (Å²) in [6.07, 6.45) is 1.60. The highest BCUT2D eigenvalue weighted by atomic mass is 16.4. The molecule has 3 amide bonds. The predicted octanol–water partition coefficient (Wildman–Crippen LogP) is 0.0809. The summed E-state index contributed by atoms with van der Waals surface area (Å²) in [6, 6.07) is -3.28. The fraction of sp³-hybridized carbons (Fsp3) is 0.789. The second-order valence-electron chi connectivity index (χ2n) is 8.22. The summed E-state index contributed by atoms with van der Waals surface area (Å²) in [7, 11) is 0. The predicted molar refractivity (Wildman–Crippen MR) is 104 cm³/mol. The van der Waals surface area contributed by atoms with Gasteiger partial charge in [-0.2, -0.15) is 0 Å². The molecule has 0 aromatic heterocycles. The molecule has 28 heavy (non-hydrogen) atoms. The van der Waals surface area contributed by atoms with Crippen molar-refractivity contribution in [1.29, 1.82) is 0 Å². The van der Waals surface area contributed by atoms with E-state index >= 15 is 0 Å². The van der Waals surface area contributed by atoms with E-state index in [9.17, 15) is 24.3 Å². The van der Waals surface area contributed by atoms with Crippen LogP contribution in [0.25, 0.3) is 0 Å². The Bertz CT molecular complexity index is 593. The number of nitrogens with zero attached hydrogens (tertiary/aromatic N) is 1. The summed E-state index contributed by atoms with van der Waals surface area (Å²) in [5.74, 6) is -2.41. The van der Waals surface area contributed by atoms with Gasteiger partial charge in [0.15, 0.2) is 0 Å². The van der Waals surface area contributed by atoms with Crippen LogP contribution in [0.1, 0.15) is 53.9 Å². The van der Waals surface area contributed by atoms with Crippen molar-refractivity contribution in [2.45, 2.75) is 78.0 Å². The third-order valence-electron chi connectivity index (χ3n) is 4.86. The molecule has 160 valence electrons. The van der Waals surface area contributed by atoms with Crippen molar-refractivity contribution in [2.24, 2.45) is 17.6 Å². The molecule has 1 rings (SSSR count). The van der Waals surface area contributed by atoms with E-state index < -0.39 is 42.0 Å². The first kappa shape index (κ1) is 23.9. The Balaban J connectivity index is 2.74. The Morgan fingerprint density at radius 1 is 1.11 bits per heavy atom. The van der Waals surface area contributed by atoms with Crippen LogP contribution < -0.4 is 16.4 Å². The topological polar surface area (TPSA) is 142 Å². The van der Waals surface area contributed by atoms with Crippen molar-refractivity contribution < 1.29 is 24.3 Å². The minimum atomic E-state index is -1.11. The van der Waals surface area contributed by atoms with E-state index in [1.54, 1.807) is 20.8 Å². The highest BCUT2D eigenvalue weighted by Crippen LogP contribution is 2.19. The monoisotopic (exact) mass is 398 g/mol. The number of carboxylic acids is 1. The summed E-state index contributed by atoms with van der Waals surface area (Å²) in [5, 5.41) is 14.4. The molecular formula is C19H34N4O5. The van der Waals surface area contributed by atoms with E-state index in [1.807, 2.05) is 13.8 Å². The number of carbonyl (C=O) groups is 4. The third-order valence-corrected chi connectivity index (χ3v) is 4.86. The SMILES string of the molecule is CC(C)CC(N)C(=O)NC(C)C(=O)N1CCCC1C(=O)NC(C(=O)O)C(C)C. The molecule has 0 spiro atoms. The van der Waals surface area contributed by atoms with Gasteiger partial charge in [-0.15, -0.1) is 0 Å². The average molecular weight is 399 g/mol. The summed E-state index contributed by atoms with van der Waals surface area (Å²) in [6.45, 7) is 9.26. The Morgan fingerprint density at radius 2 is 1.71 bits per heavy atom. The van der Waals surface area contributed by atoms with Crippen LogP contribution in [0.2, 0.25) is 0 Å². The molecule has 9 heteroatoms. The number of amides is 3. The molecule has 4 atom stereocenters. The van der Waals surface area contributed by atoms with Gasteiger partial charge in [0.1, 0.15) is 18.1 Å². The van der Waals surface area contributed by atoms with E-state index in [4.69, 9.17) is 5.73 Å². The lowest BCUT2D eigenvalue weighted by atomic mass is 10.0. The maximum atomic E-state index is 12.8. The maximum absolute atomic E-state index is 12.8. The standard InChI is InChI=1S/C19H34N4O5/c1-10(2)9-13(20)16(24)21-12(5)18(26)23-8-6-7-14(23)17(25)22-15(11(3)4)19(27)28/h10-15H,6-9,20H2,1-5H3,(H,21,24)(H,22,25)(H,27,28). The first-order chi connectivity index (χ1) is 13.0. The van der Waals surface area contributed by atoms with Gasteiger partial charge in [0.25, 0.3) is 0 Å². The Labute approximate surface area is 166 Å². The molecule has 1 aliphatic heterocycles. The summed E-state index contributed by atoms with van der Waals surface area (Å²) < 4.78 is 0. The Hall–Kier alpha value is -2.16. The zero-order valence-corrected chi connectivity index (χ0v) is 17.4. The molecule has 0 bridgehead atoms. The average Bonchev–Trinajstić information content (AvgIpc) is 3.06. The number of hydrogen-bond donors (Lipinski definition) is 4. The van der Waals surface area contributed by atoms with Crippen molar-refractivity contribution in [2.75, 3.05) is 6.54 Å². The number of likely N-dealkylation sites (tertiary alicyclic amines) is 1. The zero-order valence-electron chi connectivity index (χ0n) is 17.4. The van der Waals surface area contributed by atoms with E-state index in [-0.39, 0.29) is 17.7 Å². The van der Waals surface area contributed by atoms with E-state index in [2.05, 4.69) is 10.6 Å². The van der Waals surface area contributed by atoms with Gasteiger partial charge >= 0.3 is 5.97 Å². The third kappa shape index (κ3) is 6.47. The number of carbonyl (C=O) groups excluding carboxylic acids is 3. The van der Waals surface area contributed by atoms with Crippen LogP contribution in [-0.4, -0.2) is 64.4 Å². The largest absolute Gasteiger partial charge is 0.480 e. The second kappa shape index (κ2) is 10.4. The fourth-order valence-electron chi connectivity index (χ4n) is 3.31. The van der Waals surface area contributed by atoms with Gasteiger partial charge in [0.05, 0.1) is 6.04 Å². The number of hydrogen-bond acceptors (Lipinski definition) is 5. The smallest absolute Gasteiger partial charge is 0.326 e. The molecule has 1 fully saturated rings. The molecule has 0 saturated carbocycles. The number of carboxylic acid groups (broad SMARTS) is 1. The molecule has 9 nitrogen and oxygen atoms in total. The summed E-state index contributed by atoms with van der Waals surface area (Å²) in [5.41, 5.74) is 5.85. The molecule has 4 unspecified atom stereocenters. The highest BCUT2D eigenvalue weighted by molar-refractivity contribution is 5.94. The van der Waals surface area contributed by atoms with Crippen LogP contribution >= 0.6 is 0 Å². The van der Waals surface area contributed by atoms with Gasteiger partial charge in [-0.25, -0.2) is 4.79 Å². The van der Waals surface area contributed by atoms with Crippen LogP contribution in [-0.2, 0) is 19.2 Å². The lowest BCUT2D eigenvalue weighted by Crippen LogP contribution is -2.56. The van der Waals surface area contributed by atoms with Gasteiger partial charge in [-0.3, -0.25) is 14.4 Å². The van der Waals surface area contributed by atoms with Gasteiger partial charge in [0, 0.05) is 6.54 Å². The number of aliphatic carboxylic acids is 1. The maximum Gasteiger partial charge on any atom is 0.326 e. The van der Waals surface area contributed by atoms with E-state index in [0.29, 0.717) is 25.8 Å². The molecular weight excluding hydrogens is 364 g/mol. The van der Waals surface area contributed by atoms with Crippen LogP contribution in [0, 0.1) is 11.8 Å². The lowest BCUT2D eigenvalue weighted by Gasteiger charge is -2.29. The summed E-state index contributed by atoms with van der Waals surface area (Å²) >= 11 is 0. The van der Waals surface area contributed by atoms with E-state index in [0.717, 1.165) is 0 Å². The van der Waals surface area contributed by atoms with Gasteiger partial charge < -0.3 is 26.4 Å². The number of rotatable bonds is 9. The highest BCUT2D eigenvalue weighted by Gasteiger charge is 2.38. The number of nitrogens with one attached hydrogen (secondary N) is 2.